The van der Waals surface area contributed by atoms with E-state index in [0.29, 0.717) is 19.1 Å². The second kappa shape index (κ2) is 7.27. The second-order valence-corrected chi connectivity index (χ2v) is 7.10. The van der Waals surface area contributed by atoms with Crippen molar-refractivity contribution in [2.75, 3.05) is 33.3 Å². The third-order valence-corrected chi connectivity index (χ3v) is 5.64. The molecule has 2 aromatic rings. The molecule has 1 fully saturated rings. The zero-order valence-corrected chi connectivity index (χ0v) is 15.3. The molecule has 2 aliphatic rings. The fourth-order valence-electron chi connectivity index (χ4n) is 4.14. The SMILES string of the molecule is COc1ccc(F)c(F)c1C(=O)N1CCN(C2Cc3ccccc3C2)CC1. The van der Waals surface area contributed by atoms with E-state index < -0.39 is 17.5 Å². The third kappa shape index (κ3) is 3.30. The lowest BCUT2D eigenvalue weighted by Crippen LogP contribution is -2.52. The predicted molar refractivity (Wildman–Crippen MR) is 98.0 cm³/mol. The molecule has 4 nitrogen and oxygen atoms in total. The van der Waals surface area contributed by atoms with Crippen molar-refractivity contribution in [1.82, 2.24) is 9.80 Å². The lowest BCUT2D eigenvalue weighted by molar-refractivity contribution is 0.0567. The second-order valence-electron chi connectivity index (χ2n) is 7.10. The molecule has 0 atom stereocenters. The first-order valence-corrected chi connectivity index (χ1v) is 9.20. The van der Waals surface area contributed by atoms with Crippen molar-refractivity contribution in [3.63, 3.8) is 0 Å². The van der Waals surface area contributed by atoms with E-state index in [1.807, 2.05) is 0 Å². The number of hydrogen-bond donors (Lipinski definition) is 0. The molecule has 0 unspecified atom stereocenters. The van der Waals surface area contributed by atoms with Crippen molar-refractivity contribution >= 4 is 5.91 Å². The Bertz CT molecular complexity index is 838. The van der Waals surface area contributed by atoms with Gasteiger partial charge in [-0.3, -0.25) is 9.69 Å². The van der Waals surface area contributed by atoms with Gasteiger partial charge in [0.1, 0.15) is 11.3 Å². The molecule has 0 saturated carbocycles. The van der Waals surface area contributed by atoms with Gasteiger partial charge in [0.25, 0.3) is 5.91 Å². The largest absolute Gasteiger partial charge is 0.496 e. The molecule has 142 valence electrons. The van der Waals surface area contributed by atoms with Gasteiger partial charge in [0.2, 0.25) is 0 Å². The predicted octanol–water partition coefficient (Wildman–Crippen LogP) is 2.90. The van der Waals surface area contributed by atoms with Crippen LogP contribution in [0.5, 0.6) is 5.75 Å². The number of nitrogens with zero attached hydrogens (tertiary/aromatic N) is 2. The zero-order valence-electron chi connectivity index (χ0n) is 15.3. The highest BCUT2D eigenvalue weighted by atomic mass is 19.2. The lowest BCUT2D eigenvalue weighted by Gasteiger charge is -2.38. The normalized spacial score (nSPS) is 17.8. The van der Waals surface area contributed by atoms with Gasteiger partial charge in [0.15, 0.2) is 11.6 Å². The highest BCUT2D eigenvalue weighted by molar-refractivity contribution is 5.97. The number of piperazine rings is 1. The minimum Gasteiger partial charge on any atom is -0.496 e. The lowest BCUT2D eigenvalue weighted by atomic mass is 10.1. The van der Waals surface area contributed by atoms with Gasteiger partial charge < -0.3 is 9.64 Å². The Morgan fingerprint density at radius 3 is 2.22 bits per heavy atom. The van der Waals surface area contributed by atoms with Crippen molar-refractivity contribution in [3.8, 4) is 5.75 Å². The van der Waals surface area contributed by atoms with E-state index in [0.717, 1.165) is 32.0 Å². The van der Waals surface area contributed by atoms with Gasteiger partial charge in [-0.2, -0.15) is 0 Å². The number of amides is 1. The summed E-state index contributed by atoms with van der Waals surface area (Å²) in [5, 5.41) is 0. The van der Waals surface area contributed by atoms with Crippen LogP contribution < -0.4 is 4.74 Å². The summed E-state index contributed by atoms with van der Waals surface area (Å²) in [6, 6.07) is 11.2. The smallest absolute Gasteiger partial charge is 0.260 e. The van der Waals surface area contributed by atoms with E-state index in [1.165, 1.54) is 24.3 Å². The molecule has 0 radical (unpaired) electrons. The Kier molecular flexibility index (Phi) is 4.83. The van der Waals surface area contributed by atoms with Crippen LogP contribution in [0.25, 0.3) is 0 Å². The Balaban J connectivity index is 1.43. The van der Waals surface area contributed by atoms with E-state index in [2.05, 4.69) is 29.2 Å². The molecule has 0 aromatic heterocycles. The van der Waals surface area contributed by atoms with Crippen molar-refractivity contribution in [3.05, 3.63) is 64.7 Å². The minimum atomic E-state index is -1.15. The molecular formula is C21H22F2N2O2. The summed E-state index contributed by atoms with van der Waals surface area (Å²) in [4.78, 5) is 16.8. The molecule has 1 saturated heterocycles. The van der Waals surface area contributed by atoms with Gasteiger partial charge >= 0.3 is 0 Å². The number of fused-ring (bicyclic) bond motifs is 1. The Morgan fingerprint density at radius 2 is 1.63 bits per heavy atom. The number of hydrogen-bond acceptors (Lipinski definition) is 3. The number of halogens is 2. The van der Waals surface area contributed by atoms with Crippen LogP contribution in [-0.2, 0) is 12.8 Å². The first-order chi connectivity index (χ1) is 13.1. The fraction of sp³-hybridized carbons (Fsp3) is 0.381. The van der Waals surface area contributed by atoms with Crippen LogP contribution in [0, 0.1) is 11.6 Å². The summed E-state index contributed by atoms with van der Waals surface area (Å²) in [6.07, 6.45) is 2.05. The molecule has 1 heterocycles. The Labute approximate surface area is 157 Å². The Morgan fingerprint density at radius 1 is 1.00 bits per heavy atom. The topological polar surface area (TPSA) is 32.8 Å². The van der Waals surface area contributed by atoms with Crippen molar-refractivity contribution < 1.29 is 18.3 Å². The van der Waals surface area contributed by atoms with Gasteiger partial charge in [0.05, 0.1) is 7.11 Å². The van der Waals surface area contributed by atoms with Gasteiger partial charge in [-0.05, 0) is 36.1 Å². The summed E-state index contributed by atoms with van der Waals surface area (Å²) in [5.74, 6) is -2.64. The summed E-state index contributed by atoms with van der Waals surface area (Å²) < 4.78 is 32.9. The molecule has 4 rings (SSSR count). The Hall–Kier alpha value is -2.47. The van der Waals surface area contributed by atoms with E-state index in [9.17, 15) is 13.6 Å². The van der Waals surface area contributed by atoms with E-state index in [1.54, 1.807) is 4.90 Å². The summed E-state index contributed by atoms with van der Waals surface area (Å²) >= 11 is 0. The quantitative estimate of drug-likeness (QED) is 0.831. The number of rotatable bonds is 3. The maximum Gasteiger partial charge on any atom is 0.260 e. The standard InChI is InChI=1S/C21H22F2N2O2/c1-27-18-7-6-17(22)20(23)19(18)21(26)25-10-8-24(9-11-25)16-12-14-4-2-3-5-15(14)13-16/h2-7,16H,8-13H2,1H3. The van der Waals surface area contributed by atoms with Crippen LogP contribution in [0.15, 0.2) is 36.4 Å². The summed E-state index contributed by atoms with van der Waals surface area (Å²) in [5.41, 5.74) is 2.47. The third-order valence-electron chi connectivity index (χ3n) is 5.64. The van der Waals surface area contributed by atoms with E-state index in [-0.39, 0.29) is 11.3 Å². The van der Waals surface area contributed by atoms with Gasteiger partial charge in [-0.1, -0.05) is 24.3 Å². The number of benzene rings is 2. The molecule has 6 heteroatoms. The maximum atomic E-state index is 14.2. The molecule has 0 N–H and O–H groups in total. The van der Waals surface area contributed by atoms with Crippen LogP contribution in [-0.4, -0.2) is 55.0 Å². The van der Waals surface area contributed by atoms with Crippen molar-refractivity contribution in [2.24, 2.45) is 0 Å². The average molecular weight is 372 g/mol. The van der Waals surface area contributed by atoms with Crippen molar-refractivity contribution in [2.45, 2.75) is 18.9 Å². The number of ether oxygens (including phenoxy) is 1. The average Bonchev–Trinajstić information content (AvgIpc) is 3.14. The molecule has 1 amide bonds. The molecule has 1 aliphatic heterocycles. The summed E-state index contributed by atoms with van der Waals surface area (Å²) in [6.45, 7) is 2.43. The van der Waals surface area contributed by atoms with Crippen LogP contribution in [0.4, 0.5) is 8.78 Å². The van der Waals surface area contributed by atoms with Crippen LogP contribution in [0.2, 0.25) is 0 Å². The van der Waals surface area contributed by atoms with E-state index >= 15 is 0 Å². The summed E-state index contributed by atoms with van der Waals surface area (Å²) in [7, 11) is 1.35. The minimum absolute atomic E-state index is 0.0626. The molecule has 27 heavy (non-hydrogen) atoms. The number of methoxy groups -OCH3 is 1. The van der Waals surface area contributed by atoms with Gasteiger partial charge in [0, 0.05) is 32.2 Å². The van der Waals surface area contributed by atoms with Crippen molar-refractivity contribution in [1.29, 1.82) is 0 Å². The molecule has 2 aromatic carbocycles. The first-order valence-electron chi connectivity index (χ1n) is 9.20. The molecular weight excluding hydrogens is 350 g/mol. The first kappa shape index (κ1) is 17.9. The van der Waals surface area contributed by atoms with Crippen LogP contribution in [0.1, 0.15) is 21.5 Å². The fourth-order valence-corrected chi connectivity index (χ4v) is 4.14. The zero-order chi connectivity index (χ0) is 19.0. The monoisotopic (exact) mass is 372 g/mol. The number of carbonyl (C=O) groups excluding carboxylic acids is 1. The van der Waals surface area contributed by atoms with Crippen LogP contribution >= 0.6 is 0 Å². The van der Waals surface area contributed by atoms with E-state index in [4.69, 9.17) is 4.74 Å². The molecule has 0 spiro atoms. The maximum absolute atomic E-state index is 14.2. The highest BCUT2D eigenvalue weighted by Crippen LogP contribution is 2.28. The van der Waals surface area contributed by atoms with Gasteiger partial charge in [-0.25, -0.2) is 8.78 Å². The molecule has 1 aliphatic carbocycles. The highest BCUT2D eigenvalue weighted by Gasteiger charge is 2.32. The van der Waals surface area contributed by atoms with Gasteiger partial charge in [-0.15, -0.1) is 0 Å². The number of carbonyl (C=O) groups is 1. The van der Waals surface area contributed by atoms with Crippen LogP contribution in [0.3, 0.4) is 0 Å². The molecule has 0 bridgehead atoms.